The zero-order chi connectivity index (χ0) is 15.1. The highest BCUT2D eigenvalue weighted by molar-refractivity contribution is 5.42. The van der Waals surface area contributed by atoms with E-state index in [-0.39, 0.29) is 0 Å². The summed E-state index contributed by atoms with van der Waals surface area (Å²) >= 11 is 0. The van der Waals surface area contributed by atoms with E-state index in [1.54, 1.807) is 0 Å². The minimum Gasteiger partial charge on any atom is -0.355 e. The minimum absolute atomic E-state index is 0.353. The maximum absolute atomic E-state index is 4.57. The van der Waals surface area contributed by atoms with Crippen LogP contribution in [0.2, 0.25) is 0 Å². The number of likely N-dealkylation sites (N-methyl/N-ethyl adjacent to an activating group) is 1. The lowest BCUT2D eigenvalue weighted by Crippen LogP contribution is -2.35. The molecule has 0 radical (unpaired) electrons. The second-order valence-electron chi connectivity index (χ2n) is 6.10. The van der Waals surface area contributed by atoms with E-state index in [2.05, 4.69) is 67.1 Å². The fourth-order valence-corrected chi connectivity index (χ4v) is 2.10. The van der Waals surface area contributed by atoms with Crippen molar-refractivity contribution in [2.75, 3.05) is 45.7 Å². The van der Waals surface area contributed by atoms with Gasteiger partial charge >= 0.3 is 0 Å². The van der Waals surface area contributed by atoms with Gasteiger partial charge in [-0.25, -0.2) is 4.98 Å². The second kappa shape index (κ2) is 8.22. The van der Waals surface area contributed by atoms with Crippen molar-refractivity contribution in [1.82, 2.24) is 15.2 Å². The highest BCUT2D eigenvalue weighted by Crippen LogP contribution is 2.18. The topological polar surface area (TPSA) is 31.4 Å². The van der Waals surface area contributed by atoms with Crippen molar-refractivity contribution in [1.29, 1.82) is 0 Å². The first-order chi connectivity index (χ1) is 9.43. The van der Waals surface area contributed by atoms with Gasteiger partial charge in [0.1, 0.15) is 5.82 Å². The van der Waals surface area contributed by atoms with E-state index < -0.39 is 0 Å². The highest BCUT2D eigenvalue weighted by atomic mass is 15.2. The number of aromatic nitrogens is 1. The van der Waals surface area contributed by atoms with E-state index in [0.717, 1.165) is 25.5 Å². The molecule has 0 fully saturated rings. The first-order valence-corrected chi connectivity index (χ1v) is 7.47. The Morgan fingerprint density at radius 1 is 1.20 bits per heavy atom. The Morgan fingerprint density at radius 2 is 1.90 bits per heavy atom. The normalized spacial score (nSPS) is 13.0. The lowest BCUT2D eigenvalue weighted by Gasteiger charge is -2.27. The van der Waals surface area contributed by atoms with Crippen molar-refractivity contribution in [2.45, 2.75) is 26.8 Å². The van der Waals surface area contributed by atoms with Crippen LogP contribution in [0.4, 0.5) is 5.82 Å². The first kappa shape index (κ1) is 16.9. The zero-order valence-electron chi connectivity index (χ0n) is 13.8. The lowest BCUT2D eigenvalue weighted by molar-refractivity contribution is 0.408. The Labute approximate surface area is 124 Å². The molecule has 0 spiro atoms. The van der Waals surface area contributed by atoms with Crippen LogP contribution in [0, 0.1) is 5.92 Å². The Morgan fingerprint density at radius 3 is 2.45 bits per heavy atom. The van der Waals surface area contributed by atoms with Gasteiger partial charge in [-0.2, -0.15) is 0 Å². The second-order valence-corrected chi connectivity index (χ2v) is 6.10. The Balaban J connectivity index is 2.88. The predicted octanol–water partition coefficient (Wildman–Crippen LogP) is 2.39. The van der Waals surface area contributed by atoms with Crippen LogP contribution < -0.4 is 10.2 Å². The van der Waals surface area contributed by atoms with E-state index in [0.29, 0.717) is 12.0 Å². The number of nitrogens with one attached hydrogen (secondary N) is 1. The van der Waals surface area contributed by atoms with Crippen molar-refractivity contribution < 1.29 is 0 Å². The van der Waals surface area contributed by atoms with Gasteiger partial charge in [-0.05, 0) is 51.7 Å². The van der Waals surface area contributed by atoms with Gasteiger partial charge < -0.3 is 15.1 Å². The summed E-state index contributed by atoms with van der Waals surface area (Å²) in [6.45, 7) is 9.77. The van der Waals surface area contributed by atoms with Crippen molar-refractivity contribution in [2.24, 2.45) is 5.92 Å². The fraction of sp³-hybridized carbons (Fsp3) is 0.688. The number of rotatable bonds is 8. The molecule has 1 heterocycles. The molecule has 20 heavy (non-hydrogen) atoms. The Kier molecular flexibility index (Phi) is 6.96. The monoisotopic (exact) mass is 278 g/mol. The summed E-state index contributed by atoms with van der Waals surface area (Å²) in [5.74, 6) is 1.71. The highest BCUT2D eigenvalue weighted by Gasteiger charge is 2.12. The van der Waals surface area contributed by atoms with Crippen LogP contribution in [0.5, 0.6) is 0 Å². The van der Waals surface area contributed by atoms with Crippen LogP contribution in [0.15, 0.2) is 18.3 Å². The van der Waals surface area contributed by atoms with E-state index in [4.69, 9.17) is 0 Å². The van der Waals surface area contributed by atoms with Crippen LogP contribution in [-0.4, -0.2) is 50.7 Å². The molecule has 0 aliphatic carbocycles. The third-order valence-corrected chi connectivity index (χ3v) is 3.43. The largest absolute Gasteiger partial charge is 0.355 e. The lowest BCUT2D eigenvalue weighted by atomic mass is 10.1. The van der Waals surface area contributed by atoms with Crippen molar-refractivity contribution in [3.05, 3.63) is 23.9 Å². The van der Waals surface area contributed by atoms with Gasteiger partial charge in [0.05, 0.1) is 0 Å². The maximum Gasteiger partial charge on any atom is 0.128 e. The van der Waals surface area contributed by atoms with E-state index in [1.165, 1.54) is 5.56 Å². The quantitative estimate of drug-likeness (QED) is 0.791. The van der Waals surface area contributed by atoms with Crippen molar-refractivity contribution in [3.63, 3.8) is 0 Å². The average Bonchev–Trinajstić information content (AvgIpc) is 2.42. The molecule has 1 unspecified atom stereocenters. The Hall–Kier alpha value is -1.13. The molecule has 1 aromatic rings. The van der Waals surface area contributed by atoms with Gasteiger partial charge in [-0.3, -0.25) is 0 Å². The number of hydrogen-bond acceptors (Lipinski definition) is 4. The van der Waals surface area contributed by atoms with Gasteiger partial charge in [0, 0.05) is 31.9 Å². The molecular formula is C16H30N4. The van der Waals surface area contributed by atoms with Crippen LogP contribution in [0.1, 0.15) is 32.4 Å². The number of anilines is 1. The molecule has 0 aliphatic rings. The molecule has 1 N–H and O–H groups in total. The van der Waals surface area contributed by atoms with Crippen molar-refractivity contribution >= 4 is 5.82 Å². The molecule has 4 nitrogen and oxygen atoms in total. The third-order valence-electron chi connectivity index (χ3n) is 3.43. The predicted molar refractivity (Wildman–Crippen MR) is 87.3 cm³/mol. The third kappa shape index (κ3) is 5.47. The summed E-state index contributed by atoms with van der Waals surface area (Å²) in [7, 11) is 6.21. The molecule has 1 atom stereocenters. The zero-order valence-corrected chi connectivity index (χ0v) is 13.8. The smallest absolute Gasteiger partial charge is 0.128 e. The summed E-state index contributed by atoms with van der Waals surface area (Å²) in [4.78, 5) is 9.17. The van der Waals surface area contributed by atoms with Crippen LogP contribution in [0.25, 0.3) is 0 Å². The number of hydrogen-bond donors (Lipinski definition) is 1. The summed E-state index contributed by atoms with van der Waals surface area (Å²) in [5, 5.41) is 3.28. The van der Waals surface area contributed by atoms with Crippen LogP contribution in [-0.2, 0) is 0 Å². The molecule has 1 aromatic heterocycles. The van der Waals surface area contributed by atoms with Gasteiger partial charge in [0.2, 0.25) is 0 Å². The summed E-state index contributed by atoms with van der Waals surface area (Å²) in [5.41, 5.74) is 1.29. The van der Waals surface area contributed by atoms with Gasteiger partial charge in [0.25, 0.3) is 0 Å². The molecular weight excluding hydrogens is 248 g/mol. The first-order valence-electron chi connectivity index (χ1n) is 7.47. The molecule has 0 saturated carbocycles. The maximum atomic E-state index is 4.57. The van der Waals surface area contributed by atoms with Crippen LogP contribution in [0.3, 0.4) is 0 Å². The van der Waals surface area contributed by atoms with E-state index in [1.807, 2.05) is 13.2 Å². The molecule has 4 heteroatoms. The van der Waals surface area contributed by atoms with Gasteiger partial charge in [0.15, 0.2) is 0 Å². The summed E-state index contributed by atoms with van der Waals surface area (Å²) in [6, 6.07) is 4.65. The van der Waals surface area contributed by atoms with E-state index in [9.17, 15) is 0 Å². The standard InChI is InChI=1S/C16H30N4/c1-13(2)12-20(10-9-19(5)6)16-11-15(7-8-18-16)14(3)17-4/h7-8,11,13-14,17H,9-10,12H2,1-6H3. The average molecular weight is 278 g/mol. The molecule has 0 saturated heterocycles. The minimum atomic E-state index is 0.353. The fourth-order valence-electron chi connectivity index (χ4n) is 2.10. The molecule has 0 aromatic carbocycles. The summed E-state index contributed by atoms with van der Waals surface area (Å²) in [6.07, 6.45) is 1.92. The van der Waals surface area contributed by atoms with Gasteiger partial charge in [-0.1, -0.05) is 13.8 Å². The molecule has 114 valence electrons. The SMILES string of the molecule is CNC(C)c1ccnc(N(CCN(C)C)CC(C)C)c1. The summed E-state index contributed by atoms with van der Waals surface area (Å²) < 4.78 is 0. The number of pyridine rings is 1. The van der Waals surface area contributed by atoms with Crippen LogP contribution >= 0.6 is 0 Å². The molecule has 0 aliphatic heterocycles. The number of nitrogens with zero attached hydrogens (tertiary/aromatic N) is 3. The van der Waals surface area contributed by atoms with Gasteiger partial charge in [-0.15, -0.1) is 0 Å². The molecule has 0 bridgehead atoms. The van der Waals surface area contributed by atoms with Crippen molar-refractivity contribution in [3.8, 4) is 0 Å². The Bertz CT molecular complexity index is 390. The van der Waals surface area contributed by atoms with E-state index >= 15 is 0 Å². The molecule has 0 amide bonds. The molecule has 1 rings (SSSR count).